The van der Waals surface area contributed by atoms with Gasteiger partial charge in [-0.15, -0.1) is 0 Å². The Hall–Kier alpha value is -3.14. The van der Waals surface area contributed by atoms with Crippen LogP contribution in [0.5, 0.6) is 0 Å². The molecule has 4 nitrogen and oxygen atoms in total. The van der Waals surface area contributed by atoms with E-state index in [0.29, 0.717) is 11.7 Å². The molecule has 0 aliphatic rings. The Morgan fingerprint density at radius 3 is 2.48 bits per heavy atom. The number of oxazole rings is 1. The zero-order valence-corrected chi connectivity index (χ0v) is 12.4. The second-order valence-corrected chi connectivity index (χ2v) is 4.84. The van der Waals surface area contributed by atoms with Gasteiger partial charge >= 0.3 is 5.97 Å². The lowest BCUT2D eigenvalue weighted by molar-refractivity contribution is -0.139. The van der Waals surface area contributed by atoms with Crippen molar-refractivity contribution in [3.8, 4) is 11.3 Å². The molecule has 1 aromatic heterocycles. The van der Waals surface area contributed by atoms with Crippen LogP contribution in [0.1, 0.15) is 11.5 Å². The van der Waals surface area contributed by atoms with Crippen molar-refractivity contribution in [1.29, 1.82) is 0 Å². The number of rotatable bonds is 5. The van der Waals surface area contributed by atoms with Crippen molar-refractivity contribution in [2.24, 2.45) is 0 Å². The number of esters is 1. The van der Waals surface area contributed by atoms with Gasteiger partial charge in [0.15, 0.2) is 12.4 Å². The molecule has 0 aliphatic heterocycles. The van der Waals surface area contributed by atoms with Crippen LogP contribution in [-0.2, 0) is 16.1 Å². The maximum Gasteiger partial charge on any atom is 0.331 e. The van der Waals surface area contributed by atoms with E-state index < -0.39 is 5.97 Å². The fraction of sp³-hybridized carbons (Fsp3) is 0.0526. The highest BCUT2D eigenvalue weighted by atomic mass is 16.5. The summed E-state index contributed by atoms with van der Waals surface area (Å²) >= 11 is 0. The summed E-state index contributed by atoms with van der Waals surface area (Å²) in [4.78, 5) is 15.8. The summed E-state index contributed by atoms with van der Waals surface area (Å²) in [5.41, 5.74) is 1.87. The average Bonchev–Trinajstić information content (AvgIpc) is 3.09. The van der Waals surface area contributed by atoms with Crippen molar-refractivity contribution in [2.45, 2.75) is 6.61 Å². The number of carbonyl (C=O) groups excluding carboxylic acids is 1. The first-order chi connectivity index (χ1) is 11.3. The van der Waals surface area contributed by atoms with Crippen molar-refractivity contribution < 1.29 is 13.9 Å². The molecule has 3 rings (SSSR count). The molecular formula is C19H15NO3. The van der Waals surface area contributed by atoms with Gasteiger partial charge in [-0.05, 0) is 11.6 Å². The number of aromatic nitrogens is 1. The van der Waals surface area contributed by atoms with Crippen LogP contribution >= 0.6 is 0 Å². The Morgan fingerprint density at radius 1 is 1.04 bits per heavy atom. The van der Waals surface area contributed by atoms with Crippen molar-refractivity contribution in [1.82, 2.24) is 4.98 Å². The summed E-state index contributed by atoms with van der Waals surface area (Å²) in [5.74, 6) is 0.579. The van der Waals surface area contributed by atoms with Gasteiger partial charge in [-0.25, -0.2) is 9.78 Å². The van der Waals surface area contributed by atoms with Gasteiger partial charge in [0.1, 0.15) is 0 Å². The molecule has 0 aliphatic carbocycles. The number of hydrogen-bond acceptors (Lipinski definition) is 4. The molecule has 1 heterocycles. The molecule has 0 fully saturated rings. The summed E-state index contributed by atoms with van der Waals surface area (Å²) in [7, 11) is 0. The third kappa shape index (κ3) is 4.17. The van der Waals surface area contributed by atoms with Gasteiger partial charge in [-0.1, -0.05) is 60.7 Å². The van der Waals surface area contributed by atoms with Gasteiger partial charge in [-0.3, -0.25) is 0 Å². The minimum atomic E-state index is -0.437. The van der Waals surface area contributed by atoms with Crippen LogP contribution in [-0.4, -0.2) is 11.0 Å². The topological polar surface area (TPSA) is 52.3 Å². The van der Waals surface area contributed by atoms with E-state index in [9.17, 15) is 4.79 Å². The lowest BCUT2D eigenvalue weighted by atomic mass is 10.2. The minimum Gasteiger partial charge on any atom is -0.453 e. The summed E-state index contributed by atoms with van der Waals surface area (Å²) in [6.45, 7) is 0.00476. The van der Waals surface area contributed by atoms with Gasteiger partial charge in [-0.2, -0.15) is 0 Å². The molecule has 114 valence electrons. The van der Waals surface area contributed by atoms with E-state index in [1.807, 2.05) is 60.7 Å². The monoisotopic (exact) mass is 305 g/mol. The maximum absolute atomic E-state index is 11.7. The number of nitrogens with zero attached hydrogens (tertiary/aromatic N) is 1. The molecule has 0 bridgehead atoms. The standard InChI is InChI=1S/C19H15NO3/c21-19(12-11-15-7-3-1-4-8-15)22-14-18-20-13-17(23-18)16-9-5-2-6-10-16/h1-13H,14H2. The Bertz CT molecular complexity index is 792. The predicted octanol–water partition coefficient (Wildman–Crippen LogP) is 4.10. The van der Waals surface area contributed by atoms with Crippen LogP contribution in [0, 0.1) is 0 Å². The number of hydrogen-bond donors (Lipinski definition) is 0. The van der Waals surface area contributed by atoms with Gasteiger partial charge in [0.2, 0.25) is 5.89 Å². The first-order valence-corrected chi connectivity index (χ1v) is 7.21. The van der Waals surface area contributed by atoms with Crippen LogP contribution < -0.4 is 0 Å². The van der Waals surface area contributed by atoms with Crippen molar-refractivity contribution in [3.63, 3.8) is 0 Å². The maximum atomic E-state index is 11.7. The van der Waals surface area contributed by atoms with E-state index in [1.54, 1.807) is 12.3 Å². The zero-order valence-electron chi connectivity index (χ0n) is 12.4. The molecule has 0 spiro atoms. The molecule has 0 radical (unpaired) electrons. The molecule has 0 saturated heterocycles. The lowest BCUT2D eigenvalue weighted by Gasteiger charge is -1.98. The third-order valence-electron chi connectivity index (χ3n) is 3.16. The Kier molecular flexibility index (Phi) is 4.64. The smallest absolute Gasteiger partial charge is 0.331 e. The van der Waals surface area contributed by atoms with Crippen LogP contribution in [0.25, 0.3) is 17.4 Å². The second-order valence-electron chi connectivity index (χ2n) is 4.84. The van der Waals surface area contributed by atoms with E-state index in [1.165, 1.54) is 6.08 Å². The van der Waals surface area contributed by atoms with Gasteiger partial charge in [0, 0.05) is 11.6 Å². The molecule has 0 atom stereocenters. The number of carbonyl (C=O) groups is 1. The first kappa shape index (κ1) is 14.8. The van der Waals surface area contributed by atoms with Gasteiger partial charge < -0.3 is 9.15 Å². The molecular weight excluding hydrogens is 290 g/mol. The predicted molar refractivity (Wildman–Crippen MR) is 87.2 cm³/mol. The SMILES string of the molecule is O=C(C=Cc1ccccc1)OCc1ncc(-c2ccccc2)o1. The summed E-state index contributed by atoms with van der Waals surface area (Å²) in [5, 5.41) is 0. The number of benzene rings is 2. The third-order valence-corrected chi connectivity index (χ3v) is 3.16. The fourth-order valence-electron chi connectivity index (χ4n) is 2.02. The van der Waals surface area contributed by atoms with E-state index in [0.717, 1.165) is 11.1 Å². The van der Waals surface area contributed by atoms with Crippen LogP contribution in [0.3, 0.4) is 0 Å². The molecule has 0 saturated carbocycles. The summed E-state index contributed by atoms with van der Waals surface area (Å²) in [6.07, 6.45) is 4.71. The molecule has 2 aromatic carbocycles. The van der Waals surface area contributed by atoms with Crippen LogP contribution in [0.2, 0.25) is 0 Å². The Labute approximate surface area is 134 Å². The van der Waals surface area contributed by atoms with Gasteiger partial charge in [0.05, 0.1) is 6.20 Å². The molecule has 0 unspecified atom stereocenters. The highest BCUT2D eigenvalue weighted by Crippen LogP contribution is 2.19. The normalized spacial score (nSPS) is 10.8. The quantitative estimate of drug-likeness (QED) is 0.526. The minimum absolute atomic E-state index is 0.00476. The number of ether oxygens (including phenoxy) is 1. The van der Waals surface area contributed by atoms with Crippen molar-refractivity contribution >= 4 is 12.0 Å². The Morgan fingerprint density at radius 2 is 1.74 bits per heavy atom. The first-order valence-electron chi connectivity index (χ1n) is 7.21. The fourth-order valence-corrected chi connectivity index (χ4v) is 2.02. The van der Waals surface area contributed by atoms with Crippen molar-refractivity contribution in [2.75, 3.05) is 0 Å². The molecule has 3 aromatic rings. The van der Waals surface area contributed by atoms with Crippen molar-refractivity contribution in [3.05, 3.63) is 84.4 Å². The average molecular weight is 305 g/mol. The highest BCUT2D eigenvalue weighted by Gasteiger charge is 2.07. The molecule has 23 heavy (non-hydrogen) atoms. The largest absolute Gasteiger partial charge is 0.453 e. The molecule has 0 amide bonds. The Balaban J connectivity index is 1.55. The second kappa shape index (κ2) is 7.22. The van der Waals surface area contributed by atoms with E-state index in [-0.39, 0.29) is 6.61 Å². The van der Waals surface area contributed by atoms with E-state index in [2.05, 4.69) is 4.98 Å². The van der Waals surface area contributed by atoms with Crippen LogP contribution in [0.15, 0.2) is 77.4 Å². The molecule has 4 heteroatoms. The van der Waals surface area contributed by atoms with Gasteiger partial charge in [0.25, 0.3) is 0 Å². The highest BCUT2D eigenvalue weighted by molar-refractivity contribution is 5.86. The van der Waals surface area contributed by atoms with E-state index >= 15 is 0 Å². The summed E-state index contributed by atoms with van der Waals surface area (Å²) in [6, 6.07) is 19.2. The van der Waals surface area contributed by atoms with Crippen LogP contribution in [0.4, 0.5) is 0 Å². The summed E-state index contributed by atoms with van der Waals surface area (Å²) < 4.78 is 10.7. The zero-order chi connectivity index (χ0) is 15.9. The van der Waals surface area contributed by atoms with E-state index in [4.69, 9.17) is 9.15 Å². The lowest BCUT2D eigenvalue weighted by Crippen LogP contribution is -2.00. The molecule has 0 N–H and O–H groups in total.